The summed E-state index contributed by atoms with van der Waals surface area (Å²) in [4.78, 5) is 31.0. The van der Waals surface area contributed by atoms with Crippen molar-refractivity contribution in [1.82, 2.24) is 20.2 Å². The number of urea groups is 1. The molecule has 1 aliphatic rings. The number of aromatic nitrogens is 2. The van der Waals surface area contributed by atoms with Crippen LogP contribution in [-0.4, -0.2) is 57.8 Å². The van der Waals surface area contributed by atoms with Crippen molar-refractivity contribution >= 4 is 12.0 Å². The second-order valence-electron chi connectivity index (χ2n) is 4.26. The Morgan fingerprint density at radius 1 is 1.63 bits per heavy atom. The molecule has 3 N–H and O–H groups in total. The van der Waals surface area contributed by atoms with Crippen molar-refractivity contribution in [2.24, 2.45) is 0 Å². The van der Waals surface area contributed by atoms with E-state index >= 15 is 0 Å². The predicted octanol–water partition coefficient (Wildman–Crippen LogP) is -0.205. The highest BCUT2D eigenvalue weighted by Crippen LogP contribution is 2.11. The van der Waals surface area contributed by atoms with Gasteiger partial charge in [-0.2, -0.15) is 0 Å². The smallest absolute Gasteiger partial charge is 0.318 e. The van der Waals surface area contributed by atoms with Gasteiger partial charge in [-0.1, -0.05) is 0 Å². The van der Waals surface area contributed by atoms with E-state index in [0.29, 0.717) is 19.7 Å². The number of hydrogen-bond donors (Lipinski definition) is 3. The van der Waals surface area contributed by atoms with E-state index < -0.39 is 12.0 Å². The normalized spacial score (nSPS) is 19.2. The van der Waals surface area contributed by atoms with Gasteiger partial charge in [-0.3, -0.25) is 4.79 Å². The molecule has 2 heterocycles. The third-order valence-corrected chi connectivity index (χ3v) is 2.88. The highest BCUT2D eigenvalue weighted by atomic mass is 16.5. The molecule has 0 radical (unpaired) electrons. The number of nitrogens with zero attached hydrogens (tertiary/aromatic N) is 2. The van der Waals surface area contributed by atoms with Crippen LogP contribution in [0.25, 0.3) is 0 Å². The number of imidazole rings is 1. The highest BCUT2D eigenvalue weighted by Gasteiger charge is 2.28. The van der Waals surface area contributed by atoms with E-state index in [2.05, 4.69) is 15.3 Å². The summed E-state index contributed by atoms with van der Waals surface area (Å²) in [5.41, 5.74) is 0.788. The molecule has 2 rings (SSSR count). The molecule has 0 aromatic carbocycles. The van der Waals surface area contributed by atoms with E-state index in [0.717, 1.165) is 5.69 Å². The maximum atomic E-state index is 12.0. The number of amides is 2. The van der Waals surface area contributed by atoms with Crippen molar-refractivity contribution in [3.63, 3.8) is 0 Å². The number of hydrogen-bond acceptors (Lipinski definition) is 4. The van der Waals surface area contributed by atoms with Gasteiger partial charge in [0.25, 0.3) is 0 Å². The van der Waals surface area contributed by atoms with Crippen LogP contribution >= 0.6 is 0 Å². The molecular formula is C11H16N4O4. The van der Waals surface area contributed by atoms with Crippen LogP contribution in [0, 0.1) is 0 Å². The van der Waals surface area contributed by atoms with Crippen LogP contribution in [0.15, 0.2) is 12.5 Å². The number of aliphatic carboxylic acids is 1. The predicted molar refractivity (Wildman–Crippen MR) is 64.4 cm³/mol. The maximum absolute atomic E-state index is 12.0. The van der Waals surface area contributed by atoms with E-state index in [1.165, 1.54) is 11.2 Å². The molecule has 1 aromatic heterocycles. The number of H-pyrrole nitrogens is 1. The molecule has 1 atom stereocenters. The van der Waals surface area contributed by atoms with Gasteiger partial charge in [0.05, 0.1) is 44.2 Å². The fraction of sp³-hybridized carbons (Fsp3) is 0.545. The lowest BCUT2D eigenvalue weighted by Crippen LogP contribution is -2.53. The molecule has 0 bridgehead atoms. The summed E-state index contributed by atoms with van der Waals surface area (Å²) in [7, 11) is 0. The lowest BCUT2D eigenvalue weighted by molar-refractivity contribution is -0.139. The molecule has 0 spiro atoms. The number of carboxylic acid groups (broad SMARTS) is 1. The molecule has 2 amide bonds. The molecule has 1 saturated heterocycles. The monoisotopic (exact) mass is 268 g/mol. The van der Waals surface area contributed by atoms with Gasteiger partial charge in [-0.15, -0.1) is 0 Å². The average Bonchev–Trinajstić information content (AvgIpc) is 2.89. The minimum Gasteiger partial charge on any atom is -0.481 e. The van der Waals surface area contributed by atoms with Gasteiger partial charge in [0.2, 0.25) is 0 Å². The van der Waals surface area contributed by atoms with E-state index in [1.807, 2.05) is 0 Å². The number of ether oxygens (including phenoxy) is 1. The summed E-state index contributed by atoms with van der Waals surface area (Å²) >= 11 is 0. The molecule has 0 saturated carbocycles. The van der Waals surface area contributed by atoms with Gasteiger partial charge in [0.15, 0.2) is 0 Å². The quantitative estimate of drug-likeness (QED) is 0.700. The molecule has 1 fully saturated rings. The van der Waals surface area contributed by atoms with Crippen LogP contribution in [0.1, 0.15) is 12.1 Å². The first-order valence-corrected chi connectivity index (χ1v) is 5.98. The zero-order valence-corrected chi connectivity index (χ0v) is 10.3. The number of nitrogens with one attached hydrogen (secondary N) is 2. The first-order valence-electron chi connectivity index (χ1n) is 5.98. The van der Waals surface area contributed by atoms with Crippen molar-refractivity contribution < 1.29 is 19.4 Å². The van der Waals surface area contributed by atoms with Gasteiger partial charge in [0, 0.05) is 12.7 Å². The topological polar surface area (TPSA) is 108 Å². The molecule has 8 heteroatoms. The number of morpholine rings is 1. The van der Waals surface area contributed by atoms with Crippen molar-refractivity contribution in [2.45, 2.75) is 19.0 Å². The van der Waals surface area contributed by atoms with Crippen LogP contribution in [0.2, 0.25) is 0 Å². The highest BCUT2D eigenvalue weighted by molar-refractivity contribution is 5.76. The Hall–Kier alpha value is -2.09. The lowest BCUT2D eigenvalue weighted by Gasteiger charge is -2.34. The third-order valence-electron chi connectivity index (χ3n) is 2.88. The zero-order valence-electron chi connectivity index (χ0n) is 10.3. The van der Waals surface area contributed by atoms with Crippen LogP contribution in [0.5, 0.6) is 0 Å². The van der Waals surface area contributed by atoms with Crippen LogP contribution in [0.3, 0.4) is 0 Å². The standard InChI is InChI=1S/C11H16N4O4/c16-10(17)3-9-6-19-2-1-15(9)11(18)13-5-8-4-12-7-14-8/h4,7,9H,1-3,5-6H2,(H,12,14)(H,13,18)(H,16,17). The largest absolute Gasteiger partial charge is 0.481 e. The Morgan fingerprint density at radius 2 is 2.47 bits per heavy atom. The summed E-state index contributed by atoms with van der Waals surface area (Å²) in [5.74, 6) is -0.943. The van der Waals surface area contributed by atoms with E-state index in [9.17, 15) is 9.59 Å². The molecule has 1 aromatic rings. The fourth-order valence-electron chi connectivity index (χ4n) is 1.95. The molecule has 19 heavy (non-hydrogen) atoms. The van der Waals surface area contributed by atoms with Gasteiger partial charge >= 0.3 is 12.0 Å². The Balaban J connectivity index is 1.89. The number of rotatable bonds is 4. The SMILES string of the molecule is O=C(O)CC1COCCN1C(=O)NCc1cnc[nH]1. The minimum atomic E-state index is -0.943. The number of carbonyl (C=O) groups is 2. The van der Waals surface area contributed by atoms with E-state index in [-0.39, 0.29) is 19.1 Å². The van der Waals surface area contributed by atoms with Crippen LogP contribution in [-0.2, 0) is 16.1 Å². The Bertz CT molecular complexity index is 434. The van der Waals surface area contributed by atoms with Crippen molar-refractivity contribution in [2.75, 3.05) is 19.8 Å². The molecule has 1 unspecified atom stereocenters. The fourth-order valence-corrected chi connectivity index (χ4v) is 1.95. The van der Waals surface area contributed by atoms with Crippen LogP contribution < -0.4 is 5.32 Å². The Morgan fingerprint density at radius 3 is 3.16 bits per heavy atom. The maximum Gasteiger partial charge on any atom is 0.318 e. The van der Waals surface area contributed by atoms with Crippen molar-refractivity contribution in [3.8, 4) is 0 Å². The molecule has 0 aliphatic carbocycles. The van der Waals surface area contributed by atoms with Gasteiger partial charge in [-0.25, -0.2) is 9.78 Å². The third kappa shape index (κ3) is 3.68. The minimum absolute atomic E-state index is 0.114. The summed E-state index contributed by atoms with van der Waals surface area (Å²) in [6.45, 7) is 1.40. The molecular weight excluding hydrogens is 252 g/mol. The molecule has 1 aliphatic heterocycles. The van der Waals surface area contributed by atoms with Gasteiger partial charge in [-0.05, 0) is 0 Å². The number of carboxylic acids is 1. The first-order chi connectivity index (χ1) is 9.16. The van der Waals surface area contributed by atoms with E-state index in [1.54, 1.807) is 6.20 Å². The summed E-state index contributed by atoms with van der Waals surface area (Å²) in [6, 6.07) is -0.711. The molecule has 8 nitrogen and oxygen atoms in total. The lowest BCUT2D eigenvalue weighted by atomic mass is 10.1. The van der Waals surface area contributed by atoms with Crippen molar-refractivity contribution in [3.05, 3.63) is 18.2 Å². The summed E-state index contributed by atoms with van der Waals surface area (Å²) < 4.78 is 5.21. The van der Waals surface area contributed by atoms with Gasteiger partial charge in [0.1, 0.15) is 0 Å². The van der Waals surface area contributed by atoms with Crippen LogP contribution in [0.4, 0.5) is 4.79 Å². The summed E-state index contributed by atoms with van der Waals surface area (Å²) in [6.07, 6.45) is 3.04. The summed E-state index contributed by atoms with van der Waals surface area (Å²) in [5, 5.41) is 11.5. The average molecular weight is 268 g/mol. The second-order valence-corrected chi connectivity index (χ2v) is 4.26. The zero-order chi connectivity index (χ0) is 13.7. The van der Waals surface area contributed by atoms with Crippen molar-refractivity contribution in [1.29, 1.82) is 0 Å². The molecule has 104 valence electrons. The second kappa shape index (κ2) is 6.19. The van der Waals surface area contributed by atoms with Gasteiger partial charge < -0.3 is 25.0 Å². The Kier molecular flexibility index (Phi) is 4.35. The van der Waals surface area contributed by atoms with E-state index in [4.69, 9.17) is 9.84 Å². The number of aromatic amines is 1. The Labute approximate surface area is 109 Å². The number of carbonyl (C=O) groups excluding carboxylic acids is 1. The first kappa shape index (κ1) is 13.3.